The molecule has 0 fully saturated rings. The first-order valence-electron chi connectivity index (χ1n) is 9.06. The SMILES string of the molecule is Cc1ccc(S(=O)(=O)N2CC3=C(CC(C(=O)OC(C)(C)C)CC3)C2)cc1. The first-order valence-corrected chi connectivity index (χ1v) is 10.5. The highest BCUT2D eigenvalue weighted by atomic mass is 32.2. The van der Waals surface area contributed by atoms with Crippen molar-refractivity contribution in [1.82, 2.24) is 4.31 Å². The lowest BCUT2D eigenvalue weighted by molar-refractivity contribution is -0.160. The van der Waals surface area contributed by atoms with Crippen molar-refractivity contribution in [2.24, 2.45) is 5.92 Å². The van der Waals surface area contributed by atoms with E-state index >= 15 is 0 Å². The molecule has 2 aliphatic rings. The average molecular weight is 378 g/mol. The predicted molar refractivity (Wildman–Crippen MR) is 100 cm³/mol. The number of benzene rings is 1. The lowest BCUT2D eigenvalue weighted by Gasteiger charge is -2.26. The van der Waals surface area contributed by atoms with Gasteiger partial charge in [-0.3, -0.25) is 4.79 Å². The van der Waals surface area contributed by atoms with Gasteiger partial charge in [-0.15, -0.1) is 0 Å². The summed E-state index contributed by atoms with van der Waals surface area (Å²) in [6, 6.07) is 6.95. The lowest BCUT2D eigenvalue weighted by atomic mass is 9.85. The summed E-state index contributed by atoms with van der Waals surface area (Å²) in [6.07, 6.45) is 2.09. The average Bonchev–Trinajstić information content (AvgIpc) is 2.97. The number of hydrogen-bond donors (Lipinski definition) is 0. The zero-order valence-corrected chi connectivity index (χ0v) is 16.7. The molecule has 1 aliphatic carbocycles. The highest BCUT2D eigenvalue weighted by Crippen LogP contribution is 2.37. The molecule has 0 bridgehead atoms. The number of esters is 1. The Morgan fingerprint density at radius 2 is 1.73 bits per heavy atom. The van der Waals surface area contributed by atoms with Crippen molar-refractivity contribution in [3.63, 3.8) is 0 Å². The van der Waals surface area contributed by atoms with E-state index in [1.807, 2.05) is 39.8 Å². The second kappa shape index (κ2) is 6.82. The van der Waals surface area contributed by atoms with Crippen LogP contribution in [0.15, 0.2) is 40.3 Å². The molecule has 26 heavy (non-hydrogen) atoms. The first-order chi connectivity index (χ1) is 12.1. The van der Waals surface area contributed by atoms with Crippen LogP contribution in [0.3, 0.4) is 0 Å². The summed E-state index contributed by atoms with van der Waals surface area (Å²) >= 11 is 0. The number of carbonyl (C=O) groups excluding carboxylic acids is 1. The Kier molecular flexibility index (Phi) is 5.01. The molecule has 1 unspecified atom stereocenters. The maximum atomic E-state index is 12.9. The number of nitrogens with zero attached hydrogens (tertiary/aromatic N) is 1. The largest absolute Gasteiger partial charge is 0.460 e. The molecule has 6 heteroatoms. The molecule has 0 N–H and O–H groups in total. The van der Waals surface area contributed by atoms with E-state index in [2.05, 4.69) is 0 Å². The van der Waals surface area contributed by atoms with E-state index in [1.165, 1.54) is 9.88 Å². The molecule has 142 valence electrons. The van der Waals surface area contributed by atoms with E-state index in [-0.39, 0.29) is 11.9 Å². The summed E-state index contributed by atoms with van der Waals surface area (Å²) in [6.45, 7) is 8.35. The van der Waals surface area contributed by atoms with E-state index < -0.39 is 15.6 Å². The molecular weight excluding hydrogens is 350 g/mol. The van der Waals surface area contributed by atoms with Gasteiger partial charge in [0.15, 0.2) is 0 Å². The Balaban J connectivity index is 1.70. The molecule has 0 aromatic heterocycles. The van der Waals surface area contributed by atoms with Crippen molar-refractivity contribution in [3.05, 3.63) is 41.0 Å². The van der Waals surface area contributed by atoms with Crippen molar-refractivity contribution < 1.29 is 17.9 Å². The topological polar surface area (TPSA) is 63.7 Å². The minimum absolute atomic E-state index is 0.171. The number of sulfonamides is 1. The second-order valence-electron chi connectivity index (χ2n) is 8.27. The summed E-state index contributed by atoms with van der Waals surface area (Å²) in [5, 5.41) is 0. The molecule has 0 radical (unpaired) electrons. The van der Waals surface area contributed by atoms with Gasteiger partial charge in [-0.1, -0.05) is 28.8 Å². The number of hydrogen-bond acceptors (Lipinski definition) is 4. The monoisotopic (exact) mass is 377 g/mol. The Labute approximate surface area is 156 Å². The number of ether oxygens (including phenoxy) is 1. The maximum Gasteiger partial charge on any atom is 0.309 e. The van der Waals surface area contributed by atoms with Gasteiger partial charge in [-0.2, -0.15) is 4.31 Å². The van der Waals surface area contributed by atoms with Crippen molar-refractivity contribution >= 4 is 16.0 Å². The van der Waals surface area contributed by atoms with E-state index in [9.17, 15) is 13.2 Å². The molecule has 0 amide bonds. The van der Waals surface area contributed by atoms with Crippen LogP contribution < -0.4 is 0 Å². The van der Waals surface area contributed by atoms with Gasteiger partial charge in [0.25, 0.3) is 0 Å². The normalized spacial score (nSPS) is 21.6. The van der Waals surface area contributed by atoms with Crippen LogP contribution in [0.1, 0.15) is 45.6 Å². The van der Waals surface area contributed by atoms with Gasteiger partial charge in [-0.25, -0.2) is 8.42 Å². The standard InChI is InChI=1S/C20H27NO4S/c1-14-5-9-18(10-6-14)26(23,24)21-12-16-8-7-15(11-17(16)13-21)19(22)25-20(2,3)4/h5-6,9-10,15H,7-8,11-13H2,1-4H3. The Bertz CT molecular complexity index is 832. The molecule has 1 atom stereocenters. The fourth-order valence-corrected chi connectivity index (χ4v) is 4.96. The molecule has 3 rings (SSSR count). The van der Waals surface area contributed by atoms with E-state index in [1.54, 1.807) is 12.1 Å². The zero-order chi connectivity index (χ0) is 19.1. The molecule has 1 heterocycles. The Morgan fingerprint density at radius 3 is 2.35 bits per heavy atom. The summed E-state index contributed by atoms with van der Waals surface area (Å²) in [5.41, 5.74) is 2.79. The van der Waals surface area contributed by atoms with Crippen LogP contribution in [0, 0.1) is 12.8 Å². The Hall–Kier alpha value is -1.66. The van der Waals surface area contributed by atoms with Crippen molar-refractivity contribution in [3.8, 4) is 0 Å². The van der Waals surface area contributed by atoms with Crippen molar-refractivity contribution in [2.75, 3.05) is 13.1 Å². The molecular formula is C20H27NO4S. The van der Waals surface area contributed by atoms with E-state index in [4.69, 9.17) is 4.74 Å². The zero-order valence-electron chi connectivity index (χ0n) is 15.9. The van der Waals surface area contributed by atoms with Crippen LogP contribution in [-0.2, 0) is 19.6 Å². The van der Waals surface area contributed by atoms with Crippen LogP contribution in [-0.4, -0.2) is 37.4 Å². The van der Waals surface area contributed by atoms with Crippen LogP contribution in [0.5, 0.6) is 0 Å². The molecule has 1 aromatic carbocycles. The maximum absolute atomic E-state index is 12.9. The summed E-state index contributed by atoms with van der Waals surface area (Å²) in [4.78, 5) is 12.7. The Morgan fingerprint density at radius 1 is 1.12 bits per heavy atom. The minimum atomic E-state index is -3.50. The minimum Gasteiger partial charge on any atom is -0.460 e. The fraction of sp³-hybridized carbons (Fsp3) is 0.550. The second-order valence-corrected chi connectivity index (χ2v) is 10.2. The number of aryl methyl sites for hydroxylation is 1. The van der Waals surface area contributed by atoms with E-state index in [0.29, 0.717) is 24.4 Å². The van der Waals surface area contributed by atoms with Crippen LogP contribution in [0.2, 0.25) is 0 Å². The smallest absolute Gasteiger partial charge is 0.309 e. The molecule has 1 aliphatic heterocycles. The molecule has 0 saturated carbocycles. The summed E-state index contributed by atoms with van der Waals surface area (Å²) in [5.74, 6) is -0.348. The third kappa shape index (κ3) is 4.01. The van der Waals surface area contributed by atoms with Crippen LogP contribution in [0.25, 0.3) is 0 Å². The van der Waals surface area contributed by atoms with Gasteiger partial charge >= 0.3 is 5.97 Å². The molecule has 5 nitrogen and oxygen atoms in total. The van der Waals surface area contributed by atoms with Crippen molar-refractivity contribution in [2.45, 2.75) is 57.5 Å². The van der Waals surface area contributed by atoms with Gasteiger partial charge in [0, 0.05) is 13.1 Å². The third-order valence-electron chi connectivity index (χ3n) is 4.92. The third-order valence-corrected chi connectivity index (χ3v) is 6.73. The summed E-state index contributed by atoms with van der Waals surface area (Å²) < 4.78 is 32.8. The van der Waals surface area contributed by atoms with Crippen molar-refractivity contribution in [1.29, 1.82) is 0 Å². The quantitative estimate of drug-likeness (QED) is 0.598. The molecule has 0 spiro atoms. The van der Waals surface area contributed by atoms with Gasteiger partial charge in [0.05, 0.1) is 10.8 Å². The first kappa shape index (κ1) is 19.1. The van der Waals surface area contributed by atoms with Gasteiger partial charge < -0.3 is 4.74 Å². The van der Waals surface area contributed by atoms with Crippen LogP contribution >= 0.6 is 0 Å². The highest BCUT2D eigenvalue weighted by molar-refractivity contribution is 7.89. The van der Waals surface area contributed by atoms with E-state index in [0.717, 1.165) is 24.0 Å². The van der Waals surface area contributed by atoms with Gasteiger partial charge in [0.1, 0.15) is 5.60 Å². The molecule has 0 saturated heterocycles. The van der Waals surface area contributed by atoms with Gasteiger partial charge in [-0.05, 0) is 59.1 Å². The van der Waals surface area contributed by atoms with Crippen LogP contribution in [0.4, 0.5) is 0 Å². The predicted octanol–water partition coefficient (Wildman–Crippen LogP) is 3.44. The number of rotatable bonds is 3. The summed E-state index contributed by atoms with van der Waals surface area (Å²) in [7, 11) is -3.50. The van der Waals surface area contributed by atoms with Gasteiger partial charge in [0.2, 0.25) is 10.0 Å². The lowest BCUT2D eigenvalue weighted by Crippen LogP contribution is -2.30. The highest BCUT2D eigenvalue weighted by Gasteiger charge is 2.37. The fourth-order valence-electron chi connectivity index (χ4n) is 3.53. The molecule has 1 aromatic rings. The number of carbonyl (C=O) groups is 1.